The summed E-state index contributed by atoms with van der Waals surface area (Å²) in [5.74, 6) is 0.161. The highest BCUT2D eigenvalue weighted by Gasteiger charge is 2.20. The van der Waals surface area contributed by atoms with E-state index in [1.54, 1.807) is 6.07 Å². The highest BCUT2D eigenvalue weighted by molar-refractivity contribution is 6.32. The van der Waals surface area contributed by atoms with Crippen molar-refractivity contribution in [2.75, 3.05) is 19.6 Å². The highest BCUT2D eigenvalue weighted by atomic mass is 35.5. The minimum Gasteiger partial charge on any atom is -0.506 e. The molecule has 2 rings (SSSR count). The molecular weight excluding hydrogens is 260 g/mol. The molecule has 0 bridgehead atoms. The third-order valence-electron chi connectivity index (χ3n) is 3.91. The maximum atomic E-state index is 9.56. The molecule has 1 heterocycles. The minimum atomic E-state index is 0.161. The molecule has 0 amide bonds. The molecule has 1 aromatic rings. The molecule has 1 aliphatic heterocycles. The quantitative estimate of drug-likeness (QED) is 0.871. The van der Waals surface area contributed by atoms with Crippen molar-refractivity contribution >= 4 is 11.6 Å². The SMILES string of the molecule is CCN1CCCCC1CNCc1cccc(O)c1Cl. The van der Waals surface area contributed by atoms with Crippen LogP contribution in [0.4, 0.5) is 0 Å². The Morgan fingerprint density at radius 2 is 2.26 bits per heavy atom. The standard InChI is InChI=1S/C15H23ClN2O/c1-2-18-9-4-3-7-13(18)11-17-10-12-6-5-8-14(19)15(12)16/h5-6,8,13,17,19H,2-4,7,9-11H2,1H3. The van der Waals surface area contributed by atoms with Crippen LogP contribution < -0.4 is 5.32 Å². The Morgan fingerprint density at radius 3 is 3.05 bits per heavy atom. The number of hydrogen-bond acceptors (Lipinski definition) is 3. The zero-order chi connectivity index (χ0) is 13.7. The summed E-state index contributed by atoms with van der Waals surface area (Å²) >= 11 is 6.07. The van der Waals surface area contributed by atoms with Crippen molar-refractivity contribution in [2.45, 2.75) is 38.8 Å². The molecule has 0 aromatic heterocycles. The van der Waals surface area contributed by atoms with Crippen LogP contribution in [0.15, 0.2) is 18.2 Å². The van der Waals surface area contributed by atoms with Gasteiger partial charge in [-0.3, -0.25) is 4.90 Å². The number of benzene rings is 1. The molecule has 1 saturated heterocycles. The van der Waals surface area contributed by atoms with E-state index in [0.717, 1.165) is 18.7 Å². The first-order valence-corrected chi connectivity index (χ1v) is 7.51. The number of aromatic hydroxyl groups is 1. The summed E-state index contributed by atoms with van der Waals surface area (Å²) in [6.45, 7) is 6.26. The fraction of sp³-hybridized carbons (Fsp3) is 0.600. The molecule has 3 nitrogen and oxygen atoms in total. The van der Waals surface area contributed by atoms with Gasteiger partial charge >= 0.3 is 0 Å². The van der Waals surface area contributed by atoms with Gasteiger partial charge in [0.1, 0.15) is 5.75 Å². The van der Waals surface area contributed by atoms with Gasteiger partial charge in [-0.1, -0.05) is 37.1 Å². The van der Waals surface area contributed by atoms with Crippen LogP contribution in [0.5, 0.6) is 5.75 Å². The average Bonchev–Trinajstić information content (AvgIpc) is 2.44. The first kappa shape index (κ1) is 14.6. The summed E-state index contributed by atoms with van der Waals surface area (Å²) in [6, 6.07) is 6.03. The van der Waals surface area contributed by atoms with E-state index in [1.807, 2.05) is 12.1 Å². The Hall–Kier alpha value is -0.770. The normalized spacial score (nSPS) is 20.6. The number of halogens is 1. The summed E-state index contributed by atoms with van der Waals surface area (Å²) in [6.07, 6.45) is 3.92. The van der Waals surface area contributed by atoms with Crippen LogP contribution in [-0.4, -0.2) is 35.7 Å². The molecular formula is C15H23ClN2O. The summed E-state index contributed by atoms with van der Waals surface area (Å²) in [5.41, 5.74) is 0.959. The van der Waals surface area contributed by atoms with Crippen LogP contribution in [0, 0.1) is 0 Å². The van der Waals surface area contributed by atoms with Gasteiger partial charge in [-0.05, 0) is 37.6 Å². The van der Waals surface area contributed by atoms with Crippen LogP contribution in [0.2, 0.25) is 5.02 Å². The zero-order valence-electron chi connectivity index (χ0n) is 11.5. The van der Waals surface area contributed by atoms with E-state index in [0.29, 0.717) is 17.6 Å². The first-order valence-electron chi connectivity index (χ1n) is 7.13. The van der Waals surface area contributed by atoms with Gasteiger partial charge < -0.3 is 10.4 Å². The maximum Gasteiger partial charge on any atom is 0.134 e. The second-order valence-electron chi connectivity index (χ2n) is 5.16. The molecule has 1 fully saturated rings. The van der Waals surface area contributed by atoms with Crippen molar-refractivity contribution in [3.05, 3.63) is 28.8 Å². The number of hydrogen-bond donors (Lipinski definition) is 2. The Bertz CT molecular complexity index is 411. The lowest BCUT2D eigenvalue weighted by atomic mass is 10.0. The Morgan fingerprint density at radius 1 is 1.42 bits per heavy atom. The van der Waals surface area contributed by atoms with Crippen molar-refractivity contribution in [3.63, 3.8) is 0 Å². The molecule has 2 N–H and O–H groups in total. The molecule has 0 saturated carbocycles. The third kappa shape index (κ3) is 3.85. The summed E-state index contributed by atoms with van der Waals surface area (Å²) in [7, 11) is 0. The van der Waals surface area contributed by atoms with Gasteiger partial charge in [0.25, 0.3) is 0 Å². The van der Waals surface area contributed by atoms with E-state index < -0.39 is 0 Å². The largest absolute Gasteiger partial charge is 0.506 e. The van der Waals surface area contributed by atoms with E-state index in [-0.39, 0.29) is 5.75 Å². The van der Waals surface area contributed by atoms with Crippen molar-refractivity contribution in [3.8, 4) is 5.75 Å². The van der Waals surface area contributed by atoms with E-state index in [2.05, 4.69) is 17.1 Å². The number of phenolic OH excluding ortho intramolecular Hbond substituents is 1. The second kappa shape index (κ2) is 7.13. The fourth-order valence-electron chi connectivity index (χ4n) is 2.78. The lowest BCUT2D eigenvalue weighted by Crippen LogP contribution is -2.45. The van der Waals surface area contributed by atoms with Gasteiger partial charge in [-0.15, -0.1) is 0 Å². The third-order valence-corrected chi connectivity index (χ3v) is 4.35. The van der Waals surface area contributed by atoms with Gasteiger partial charge in [0.05, 0.1) is 5.02 Å². The van der Waals surface area contributed by atoms with Crippen LogP contribution in [-0.2, 0) is 6.54 Å². The van der Waals surface area contributed by atoms with Gasteiger partial charge in [0, 0.05) is 19.1 Å². The molecule has 0 aliphatic carbocycles. The van der Waals surface area contributed by atoms with Crippen LogP contribution in [0.1, 0.15) is 31.7 Å². The van der Waals surface area contributed by atoms with Crippen molar-refractivity contribution < 1.29 is 5.11 Å². The number of piperidine rings is 1. The van der Waals surface area contributed by atoms with Crippen LogP contribution in [0.3, 0.4) is 0 Å². The molecule has 4 heteroatoms. The Kier molecular flexibility index (Phi) is 5.49. The monoisotopic (exact) mass is 282 g/mol. The minimum absolute atomic E-state index is 0.161. The van der Waals surface area contributed by atoms with Gasteiger partial charge in [-0.25, -0.2) is 0 Å². The van der Waals surface area contributed by atoms with Crippen LogP contribution in [0.25, 0.3) is 0 Å². The van der Waals surface area contributed by atoms with Gasteiger partial charge in [0.15, 0.2) is 0 Å². The molecule has 0 radical (unpaired) electrons. The molecule has 1 unspecified atom stereocenters. The van der Waals surface area contributed by atoms with Crippen molar-refractivity contribution in [1.82, 2.24) is 10.2 Å². The molecule has 19 heavy (non-hydrogen) atoms. The predicted molar refractivity (Wildman–Crippen MR) is 79.7 cm³/mol. The Labute approximate surface area is 120 Å². The molecule has 1 atom stereocenters. The van der Waals surface area contributed by atoms with E-state index in [9.17, 15) is 5.11 Å². The van der Waals surface area contributed by atoms with Gasteiger partial charge in [0.2, 0.25) is 0 Å². The van der Waals surface area contributed by atoms with Gasteiger partial charge in [-0.2, -0.15) is 0 Å². The number of phenols is 1. The predicted octanol–water partition coefficient (Wildman–Crippen LogP) is 3.01. The highest BCUT2D eigenvalue weighted by Crippen LogP contribution is 2.26. The van der Waals surface area contributed by atoms with E-state index >= 15 is 0 Å². The second-order valence-corrected chi connectivity index (χ2v) is 5.54. The zero-order valence-corrected chi connectivity index (χ0v) is 12.3. The molecule has 1 aromatic carbocycles. The average molecular weight is 283 g/mol. The molecule has 1 aliphatic rings. The number of rotatable bonds is 5. The molecule has 106 valence electrons. The van der Waals surface area contributed by atoms with Crippen molar-refractivity contribution in [2.24, 2.45) is 0 Å². The number of nitrogens with one attached hydrogen (secondary N) is 1. The number of nitrogens with zero attached hydrogens (tertiary/aromatic N) is 1. The van der Waals surface area contributed by atoms with Crippen LogP contribution >= 0.6 is 11.6 Å². The summed E-state index contributed by atoms with van der Waals surface area (Å²) in [4.78, 5) is 2.54. The topological polar surface area (TPSA) is 35.5 Å². The summed E-state index contributed by atoms with van der Waals surface area (Å²) < 4.78 is 0. The summed E-state index contributed by atoms with van der Waals surface area (Å²) in [5, 5.41) is 13.5. The smallest absolute Gasteiger partial charge is 0.134 e. The lowest BCUT2D eigenvalue weighted by molar-refractivity contribution is 0.153. The fourth-order valence-corrected chi connectivity index (χ4v) is 2.98. The Balaban J connectivity index is 1.84. The maximum absolute atomic E-state index is 9.56. The number of likely N-dealkylation sites (N-methyl/N-ethyl adjacent to an activating group) is 1. The lowest BCUT2D eigenvalue weighted by Gasteiger charge is -2.35. The number of likely N-dealkylation sites (tertiary alicyclic amines) is 1. The van der Waals surface area contributed by atoms with E-state index in [1.165, 1.54) is 25.8 Å². The molecule has 0 spiro atoms. The first-order chi connectivity index (χ1) is 9.22. The van der Waals surface area contributed by atoms with E-state index in [4.69, 9.17) is 11.6 Å². The van der Waals surface area contributed by atoms with Crippen molar-refractivity contribution in [1.29, 1.82) is 0 Å².